The Bertz CT molecular complexity index is 1070. The van der Waals surface area contributed by atoms with E-state index in [2.05, 4.69) is 15.1 Å². The molecule has 0 aliphatic rings. The first-order valence-corrected chi connectivity index (χ1v) is 7.73. The van der Waals surface area contributed by atoms with Crippen LogP contribution in [0.25, 0.3) is 21.9 Å². The summed E-state index contributed by atoms with van der Waals surface area (Å²) in [5.41, 5.74) is 3.36. The summed E-state index contributed by atoms with van der Waals surface area (Å²) in [5.74, 6) is 0.773. The highest BCUT2D eigenvalue weighted by Gasteiger charge is 2.05. The van der Waals surface area contributed by atoms with Crippen molar-refractivity contribution >= 4 is 39.8 Å². The van der Waals surface area contributed by atoms with Crippen molar-refractivity contribution in [3.05, 3.63) is 65.6 Å². The average molecular weight is 337 g/mol. The van der Waals surface area contributed by atoms with E-state index in [1.165, 1.54) is 0 Å². The molecule has 6 heteroatoms. The third kappa shape index (κ3) is 2.59. The largest absolute Gasteiger partial charge is 0.497 e. The molecule has 0 aliphatic carbocycles. The molecular weight excluding hydrogens is 324 g/mol. The fraction of sp³-hybridized carbons (Fsp3) is 0.0556. The Hall–Kier alpha value is -2.92. The highest BCUT2D eigenvalue weighted by molar-refractivity contribution is 6.32. The molecule has 2 aromatic carbocycles. The van der Waals surface area contributed by atoms with E-state index in [0.717, 1.165) is 33.2 Å². The van der Waals surface area contributed by atoms with Crippen molar-refractivity contribution in [3.8, 4) is 5.75 Å². The summed E-state index contributed by atoms with van der Waals surface area (Å²) in [6, 6.07) is 15.4. The quantitative estimate of drug-likeness (QED) is 0.417. The number of para-hydroxylation sites is 2. The highest BCUT2D eigenvalue weighted by atomic mass is 35.5. The van der Waals surface area contributed by atoms with Gasteiger partial charge in [0.25, 0.3) is 0 Å². The molecule has 4 aromatic rings. The van der Waals surface area contributed by atoms with Gasteiger partial charge in [-0.3, -0.25) is 0 Å². The minimum atomic E-state index is 0.404. The van der Waals surface area contributed by atoms with Crippen LogP contribution < -0.4 is 4.74 Å². The number of hydrogen-bond donors (Lipinski definition) is 0. The summed E-state index contributed by atoms with van der Waals surface area (Å²) in [6.45, 7) is 0. The Morgan fingerprint density at radius 3 is 2.88 bits per heavy atom. The van der Waals surface area contributed by atoms with Gasteiger partial charge >= 0.3 is 0 Å². The van der Waals surface area contributed by atoms with Gasteiger partial charge in [-0.1, -0.05) is 23.7 Å². The van der Waals surface area contributed by atoms with Gasteiger partial charge in [0.05, 0.1) is 29.9 Å². The van der Waals surface area contributed by atoms with Crippen LogP contribution in [0.1, 0.15) is 5.56 Å². The van der Waals surface area contributed by atoms with Gasteiger partial charge in [0.1, 0.15) is 17.2 Å². The number of benzene rings is 2. The average Bonchev–Trinajstić information content (AvgIpc) is 3.03. The van der Waals surface area contributed by atoms with Crippen molar-refractivity contribution in [1.82, 2.24) is 14.6 Å². The molecule has 0 N–H and O–H groups in total. The summed E-state index contributed by atoms with van der Waals surface area (Å²) in [5, 5.41) is 5.79. The molecule has 4 rings (SSSR count). The Labute approximate surface area is 143 Å². The number of hydrogen-bond acceptors (Lipinski definition) is 4. The van der Waals surface area contributed by atoms with E-state index < -0.39 is 0 Å². The zero-order valence-electron chi connectivity index (χ0n) is 12.8. The molecule has 0 amide bonds. The molecule has 0 bridgehead atoms. The first-order chi connectivity index (χ1) is 11.7. The van der Waals surface area contributed by atoms with E-state index in [-0.39, 0.29) is 0 Å². The lowest BCUT2D eigenvalue weighted by molar-refractivity contribution is 0.415. The van der Waals surface area contributed by atoms with E-state index in [1.54, 1.807) is 24.3 Å². The number of halogens is 1. The van der Waals surface area contributed by atoms with Crippen molar-refractivity contribution in [2.24, 2.45) is 5.10 Å². The zero-order chi connectivity index (χ0) is 16.5. The minimum Gasteiger partial charge on any atom is -0.497 e. The summed E-state index contributed by atoms with van der Waals surface area (Å²) in [6.07, 6.45) is 3.36. The molecule has 0 spiro atoms. The fourth-order valence-corrected chi connectivity index (χ4v) is 2.72. The van der Waals surface area contributed by atoms with E-state index in [4.69, 9.17) is 16.3 Å². The van der Waals surface area contributed by atoms with Gasteiger partial charge < -0.3 is 4.74 Å². The van der Waals surface area contributed by atoms with Gasteiger partial charge in [-0.25, -0.2) is 14.6 Å². The summed E-state index contributed by atoms with van der Waals surface area (Å²) in [4.78, 5) is 8.72. The molecule has 0 aliphatic heterocycles. The van der Waals surface area contributed by atoms with Crippen LogP contribution in [0.2, 0.25) is 5.15 Å². The maximum absolute atomic E-state index is 6.28. The molecule has 118 valence electrons. The van der Waals surface area contributed by atoms with Crippen molar-refractivity contribution < 1.29 is 4.74 Å². The van der Waals surface area contributed by atoms with Crippen LogP contribution in [0.15, 0.2) is 60.0 Å². The normalized spacial score (nSPS) is 11.6. The van der Waals surface area contributed by atoms with Gasteiger partial charge in [0.2, 0.25) is 0 Å². The number of rotatable bonds is 3. The second kappa shape index (κ2) is 5.94. The standard InChI is InChI=1S/C18H13ClN4O/c1-24-14-6-7-15-12(9-14)8-13(18(19)22-15)10-21-23-11-20-16-4-2-3-5-17(16)23/h2-11H,1H3/b21-10-. The highest BCUT2D eigenvalue weighted by Crippen LogP contribution is 2.23. The van der Waals surface area contributed by atoms with Gasteiger partial charge in [-0.2, -0.15) is 5.10 Å². The lowest BCUT2D eigenvalue weighted by Gasteiger charge is -2.04. The molecule has 24 heavy (non-hydrogen) atoms. The van der Waals surface area contributed by atoms with Crippen LogP contribution in [-0.2, 0) is 0 Å². The Balaban J connectivity index is 1.76. The lowest BCUT2D eigenvalue weighted by Crippen LogP contribution is -1.93. The number of fused-ring (bicyclic) bond motifs is 2. The number of aromatic nitrogens is 3. The van der Waals surface area contributed by atoms with Crippen LogP contribution in [0.3, 0.4) is 0 Å². The van der Waals surface area contributed by atoms with Crippen LogP contribution in [-0.4, -0.2) is 28.0 Å². The molecule has 0 saturated heterocycles. The maximum Gasteiger partial charge on any atom is 0.138 e. The first-order valence-electron chi connectivity index (χ1n) is 7.35. The molecule has 0 unspecified atom stereocenters. The van der Waals surface area contributed by atoms with E-state index >= 15 is 0 Å². The van der Waals surface area contributed by atoms with Crippen LogP contribution in [0, 0.1) is 0 Å². The summed E-state index contributed by atoms with van der Waals surface area (Å²) >= 11 is 6.28. The second-order valence-corrected chi connectivity index (χ2v) is 5.61. The summed E-state index contributed by atoms with van der Waals surface area (Å²) in [7, 11) is 1.64. The van der Waals surface area contributed by atoms with E-state index in [0.29, 0.717) is 5.15 Å². The minimum absolute atomic E-state index is 0.404. The fourth-order valence-electron chi connectivity index (χ4n) is 2.53. The predicted octanol–water partition coefficient (Wildman–Crippen LogP) is 4.13. The molecule has 0 atom stereocenters. The Morgan fingerprint density at radius 1 is 1.12 bits per heavy atom. The van der Waals surface area contributed by atoms with Crippen LogP contribution in [0.5, 0.6) is 5.75 Å². The van der Waals surface area contributed by atoms with Crippen molar-refractivity contribution in [3.63, 3.8) is 0 Å². The van der Waals surface area contributed by atoms with Gasteiger partial charge in [0, 0.05) is 10.9 Å². The number of ether oxygens (including phenoxy) is 1. The smallest absolute Gasteiger partial charge is 0.138 e. The SMILES string of the molecule is COc1ccc2nc(Cl)c(/C=N\n3cnc4ccccc43)cc2c1. The summed E-state index contributed by atoms with van der Waals surface area (Å²) < 4.78 is 6.96. The Morgan fingerprint density at radius 2 is 2.00 bits per heavy atom. The molecule has 0 fully saturated rings. The monoisotopic (exact) mass is 336 g/mol. The number of pyridine rings is 1. The Kier molecular flexibility index (Phi) is 3.63. The number of methoxy groups -OCH3 is 1. The first kappa shape index (κ1) is 14.7. The molecular formula is C18H13ClN4O. The third-order valence-corrected chi connectivity index (χ3v) is 4.06. The maximum atomic E-state index is 6.28. The van der Waals surface area contributed by atoms with Crippen molar-refractivity contribution in [1.29, 1.82) is 0 Å². The van der Waals surface area contributed by atoms with Gasteiger partial charge in [-0.15, -0.1) is 0 Å². The van der Waals surface area contributed by atoms with E-state index in [9.17, 15) is 0 Å². The molecule has 2 heterocycles. The number of nitrogens with zero attached hydrogens (tertiary/aromatic N) is 4. The zero-order valence-corrected chi connectivity index (χ0v) is 13.6. The van der Waals surface area contributed by atoms with Crippen molar-refractivity contribution in [2.75, 3.05) is 7.11 Å². The predicted molar refractivity (Wildman–Crippen MR) is 96.0 cm³/mol. The molecule has 0 radical (unpaired) electrons. The second-order valence-electron chi connectivity index (χ2n) is 5.25. The topological polar surface area (TPSA) is 52.3 Å². The molecule has 5 nitrogen and oxygen atoms in total. The third-order valence-electron chi connectivity index (χ3n) is 3.76. The van der Waals surface area contributed by atoms with Gasteiger partial charge in [0.15, 0.2) is 0 Å². The van der Waals surface area contributed by atoms with E-state index in [1.807, 2.05) is 48.5 Å². The number of imidazole rings is 1. The van der Waals surface area contributed by atoms with Crippen molar-refractivity contribution in [2.45, 2.75) is 0 Å². The van der Waals surface area contributed by atoms with Gasteiger partial charge in [-0.05, 0) is 36.4 Å². The molecule has 0 saturated carbocycles. The lowest BCUT2D eigenvalue weighted by atomic mass is 10.1. The molecule has 2 aromatic heterocycles. The van der Waals surface area contributed by atoms with Crippen LogP contribution >= 0.6 is 11.6 Å². The van der Waals surface area contributed by atoms with Crippen LogP contribution in [0.4, 0.5) is 0 Å².